The van der Waals surface area contributed by atoms with Gasteiger partial charge in [0.1, 0.15) is 11.0 Å². The molecule has 3 N–H and O–H groups in total. The van der Waals surface area contributed by atoms with Gasteiger partial charge in [-0.25, -0.2) is 15.0 Å². The Balaban J connectivity index is 2.45. The van der Waals surface area contributed by atoms with Gasteiger partial charge in [0.15, 0.2) is 5.82 Å². The van der Waals surface area contributed by atoms with Gasteiger partial charge in [0, 0.05) is 26.2 Å². The highest BCUT2D eigenvalue weighted by molar-refractivity contribution is 5.87. The van der Waals surface area contributed by atoms with Crippen LogP contribution in [0.25, 0.3) is 11.0 Å². The predicted molar refractivity (Wildman–Crippen MR) is 102 cm³/mol. The first kappa shape index (κ1) is 19.1. The summed E-state index contributed by atoms with van der Waals surface area (Å²) in [6.45, 7) is 12.6. The zero-order valence-electron chi connectivity index (χ0n) is 15.8. The number of hydrogen-bond donors (Lipinski definition) is 3. The van der Waals surface area contributed by atoms with Crippen LogP contribution in [0.4, 0.5) is 17.7 Å². The third-order valence-electron chi connectivity index (χ3n) is 3.69. The molecule has 0 saturated heterocycles. The average Bonchev–Trinajstić information content (AvgIpc) is 2.58. The second kappa shape index (κ2) is 8.24. The lowest BCUT2D eigenvalue weighted by atomic mass is 10.1. The Hall–Kier alpha value is -2.22. The first-order valence-corrected chi connectivity index (χ1v) is 8.87. The van der Waals surface area contributed by atoms with Crippen molar-refractivity contribution in [1.29, 1.82) is 0 Å². The topological polar surface area (TPSA) is 99.1 Å². The van der Waals surface area contributed by atoms with Gasteiger partial charge >= 0.3 is 0 Å². The van der Waals surface area contributed by atoms with Gasteiger partial charge in [-0.1, -0.05) is 6.92 Å². The number of nitrogens with zero attached hydrogens (tertiary/aromatic N) is 5. The number of fused-ring (bicyclic) bond motifs is 1. The van der Waals surface area contributed by atoms with E-state index in [1.54, 1.807) is 20.0 Å². The van der Waals surface area contributed by atoms with Gasteiger partial charge in [0.25, 0.3) is 0 Å². The van der Waals surface area contributed by atoms with Crippen LogP contribution in [0.2, 0.25) is 0 Å². The van der Waals surface area contributed by atoms with Gasteiger partial charge in [-0.05, 0) is 34.1 Å². The number of hydrogen-bond acceptors (Lipinski definition) is 8. The lowest BCUT2D eigenvalue weighted by Crippen LogP contribution is -2.30. The van der Waals surface area contributed by atoms with Gasteiger partial charge in [0.05, 0.1) is 11.8 Å². The van der Waals surface area contributed by atoms with E-state index >= 15 is 0 Å². The van der Waals surface area contributed by atoms with E-state index < -0.39 is 5.60 Å². The lowest BCUT2D eigenvalue weighted by molar-refractivity contribution is 0.0943. The Morgan fingerprint density at radius 2 is 1.76 bits per heavy atom. The van der Waals surface area contributed by atoms with Crippen molar-refractivity contribution in [2.24, 2.45) is 0 Å². The normalized spacial score (nSPS) is 11.6. The third-order valence-corrected chi connectivity index (χ3v) is 3.69. The van der Waals surface area contributed by atoms with E-state index in [0.29, 0.717) is 29.5 Å². The van der Waals surface area contributed by atoms with Gasteiger partial charge < -0.3 is 20.6 Å². The summed E-state index contributed by atoms with van der Waals surface area (Å²) in [4.78, 5) is 20.2. The molecule has 0 aliphatic heterocycles. The Morgan fingerprint density at radius 1 is 1.04 bits per heavy atom. The van der Waals surface area contributed by atoms with Gasteiger partial charge in [0.2, 0.25) is 11.9 Å². The Morgan fingerprint density at radius 3 is 2.36 bits per heavy atom. The predicted octanol–water partition coefficient (Wildman–Crippen LogP) is 2.27. The van der Waals surface area contributed by atoms with Crippen LogP contribution in [-0.4, -0.2) is 56.8 Å². The molecule has 0 spiro atoms. The molecule has 8 nitrogen and oxygen atoms in total. The maximum Gasteiger partial charge on any atom is 0.225 e. The average molecular weight is 347 g/mol. The Labute approximate surface area is 149 Å². The van der Waals surface area contributed by atoms with E-state index in [1.807, 2.05) is 0 Å². The molecule has 0 aliphatic rings. The quantitative estimate of drug-likeness (QED) is 0.635. The van der Waals surface area contributed by atoms with Crippen LogP contribution in [-0.2, 0) is 0 Å². The molecule has 2 aromatic rings. The molecule has 8 heteroatoms. The van der Waals surface area contributed by atoms with Crippen molar-refractivity contribution in [2.75, 3.05) is 41.7 Å². The summed E-state index contributed by atoms with van der Waals surface area (Å²) in [7, 11) is 0. The number of nitrogens with one attached hydrogen (secondary N) is 2. The SMILES string of the molecule is CCCNc1nc(N(CC)CC)c2nc(NCC(C)(C)O)ncc2n1. The summed E-state index contributed by atoms with van der Waals surface area (Å²) < 4.78 is 0. The molecule has 0 aliphatic carbocycles. The molecule has 0 amide bonds. The molecule has 0 fully saturated rings. The lowest BCUT2D eigenvalue weighted by Gasteiger charge is -2.22. The molecule has 2 heterocycles. The number of aromatic nitrogens is 4. The molecule has 0 radical (unpaired) electrons. The molecule has 25 heavy (non-hydrogen) atoms. The number of aliphatic hydroxyl groups is 1. The first-order chi connectivity index (χ1) is 11.9. The highest BCUT2D eigenvalue weighted by atomic mass is 16.3. The van der Waals surface area contributed by atoms with Crippen LogP contribution in [0, 0.1) is 0 Å². The zero-order valence-corrected chi connectivity index (χ0v) is 15.8. The number of anilines is 3. The van der Waals surface area contributed by atoms with Crippen LogP contribution < -0.4 is 15.5 Å². The summed E-state index contributed by atoms with van der Waals surface area (Å²) in [5, 5.41) is 16.2. The molecule has 0 aromatic carbocycles. The van der Waals surface area contributed by atoms with Crippen LogP contribution in [0.3, 0.4) is 0 Å². The summed E-state index contributed by atoms with van der Waals surface area (Å²) in [5.74, 6) is 1.85. The van der Waals surface area contributed by atoms with Crippen molar-refractivity contribution < 1.29 is 5.11 Å². The maximum absolute atomic E-state index is 9.87. The van der Waals surface area contributed by atoms with E-state index in [2.05, 4.69) is 56.2 Å². The molecule has 2 rings (SSSR count). The van der Waals surface area contributed by atoms with Crippen LogP contribution >= 0.6 is 0 Å². The van der Waals surface area contributed by atoms with Crippen molar-refractivity contribution in [3.8, 4) is 0 Å². The molecule has 0 atom stereocenters. The molecule has 2 aromatic heterocycles. The summed E-state index contributed by atoms with van der Waals surface area (Å²) in [5.41, 5.74) is 0.563. The van der Waals surface area contributed by atoms with Crippen LogP contribution in [0.5, 0.6) is 0 Å². The van der Waals surface area contributed by atoms with Crippen molar-refractivity contribution in [2.45, 2.75) is 46.6 Å². The highest BCUT2D eigenvalue weighted by Crippen LogP contribution is 2.24. The second-order valence-electron chi connectivity index (χ2n) is 6.56. The molecular weight excluding hydrogens is 318 g/mol. The Kier molecular flexibility index (Phi) is 6.30. The molecular formula is C17H29N7O. The third kappa shape index (κ3) is 5.12. The summed E-state index contributed by atoms with van der Waals surface area (Å²) in [6, 6.07) is 0. The molecule has 0 unspecified atom stereocenters. The van der Waals surface area contributed by atoms with Crippen molar-refractivity contribution >= 4 is 28.7 Å². The van der Waals surface area contributed by atoms with Gasteiger partial charge in [-0.2, -0.15) is 4.98 Å². The minimum atomic E-state index is -0.843. The minimum absolute atomic E-state index is 0.357. The summed E-state index contributed by atoms with van der Waals surface area (Å²) >= 11 is 0. The van der Waals surface area contributed by atoms with E-state index in [0.717, 1.165) is 31.9 Å². The Bertz CT molecular complexity index is 695. The largest absolute Gasteiger partial charge is 0.389 e. The van der Waals surface area contributed by atoms with E-state index in [9.17, 15) is 5.11 Å². The van der Waals surface area contributed by atoms with E-state index in [-0.39, 0.29) is 0 Å². The molecule has 0 bridgehead atoms. The van der Waals surface area contributed by atoms with Crippen molar-refractivity contribution in [3.63, 3.8) is 0 Å². The van der Waals surface area contributed by atoms with E-state index in [1.165, 1.54) is 0 Å². The second-order valence-corrected chi connectivity index (χ2v) is 6.56. The monoisotopic (exact) mass is 347 g/mol. The fourth-order valence-corrected chi connectivity index (χ4v) is 2.35. The standard InChI is InChI=1S/C17H29N7O/c1-6-9-18-16-21-12-10-19-15(20-11-17(4,5)25)22-13(12)14(23-16)24(7-2)8-3/h10,25H,6-9,11H2,1-5H3,(H,18,21,23)(H,19,20,22). The first-order valence-electron chi connectivity index (χ1n) is 8.87. The van der Waals surface area contributed by atoms with Crippen molar-refractivity contribution in [3.05, 3.63) is 6.20 Å². The maximum atomic E-state index is 9.87. The zero-order chi connectivity index (χ0) is 18.4. The number of rotatable bonds is 9. The highest BCUT2D eigenvalue weighted by Gasteiger charge is 2.17. The van der Waals surface area contributed by atoms with Gasteiger partial charge in [-0.15, -0.1) is 0 Å². The molecule has 138 valence electrons. The smallest absolute Gasteiger partial charge is 0.225 e. The molecule has 0 saturated carbocycles. The fourth-order valence-electron chi connectivity index (χ4n) is 2.35. The van der Waals surface area contributed by atoms with E-state index in [4.69, 9.17) is 0 Å². The van der Waals surface area contributed by atoms with Crippen LogP contribution in [0.15, 0.2) is 6.20 Å². The minimum Gasteiger partial charge on any atom is -0.389 e. The fraction of sp³-hybridized carbons (Fsp3) is 0.647. The van der Waals surface area contributed by atoms with Gasteiger partial charge in [-0.3, -0.25) is 0 Å². The van der Waals surface area contributed by atoms with Crippen LogP contribution in [0.1, 0.15) is 41.0 Å². The summed E-state index contributed by atoms with van der Waals surface area (Å²) in [6.07, 6.45) is 2.69. The van der Waals surface area contributed by atoms with Crippen molar-refractivity contribution in [1.82, 2.24) is 19.9 Å².